The topological polar surface area (TPSA) is 117 Å². The van der Waals surface area contributed by atoms with Gasteiger partial charge in [-0.15, -0.1) is 0 Å². The summed E-state index contributed by atoms with van der Waals surface area (Å²) in [6.07, 6.45) is 10.6. The highest BCUT2D eigenvalue weighted by Gasteiger charge is 2.35. The molecule has 0 radical (unpaired) electrons. The van der Waals surface area contributed by atoms with E-state index in [0.29, 0.717) is 58.4 Å². The van der Waals surface area contributed by atoms with Crippen molar-refractivity contribution in [3.05, 3.63) is 154 Å². The molecule has 10 nitrogen and oxygen atoms in total. The van der Waals surface area contributed by atoms with Gasteiger partial charge in [0.1, 0.15) is 23.6 Å². The van der Waals surface area contributed by atoms with E-state index in [4.69, 9.17) is 32.7 Å². The molecule has 4 aromatic rings. The van der Waals surface area contributed by atoms with E-state index >= 15 is 0 Å². The minimum atomic E-state index is -0.637. The maximum Gasteiger partial charge on any atom is 0.258 e. The molecule has 0 aromatic heterocycles. The second-order valence-electron chi connectivity index (χ2n) is 17.2. The number of amides is 4. The lowest BCUT2D eigenvalue weighted by Gasteiger charge is -2.32. The molecule has 0 unspecified atom stereocenters. The average Bonchev–Trinajstić information content (AvgIpc) is 3.25. The first-order valence-corrected chi connectivity index (χ1v) is 22.8. The Hall–Kier alpha value is -5.58. The summed E-state index contributed by atoms with van der Waals surface area (Å²) in [5.74, 6) is 0.0149. The van der Waals surface area contributed by atoms with Crippen LogP contribution in [0.4, 0.5) is 0 Å². The number of nitrogens with one attached hydrogen (secondary N) is 2. The smallest absolute Gasteiger partial charge is 0.258 e. The fourth-order valence-electron chi connectivity index (χ4n) is 8.06. The highest BCUT2D eigenvalue weighted by Crippen LogP contribution is 2.29. The molecule has 4 aromatic carbocycles. The highest BCUT2D eigenvalue weighted by atomic mass is 35.5. The summed E-state index contributed by atoms with van der Waals surface area (Å²) in [6.45, 7) is 11.7. The number of nitrogens with zero attached hydrogens (tertiary/aromatic N) is 2. The monoisotopic (exact) mass is 908 g/mol. The summed E-state index contributed by atoms with van der Waals surface area (Å²) >= 11 is 12.4. The number of hydrogen-bond acceptors (Lipinski definition) is 6. The molecule has 64 heavy (non-hydrogen) atoms. The van der Waals surface area contributed by atoms with Crippen LogP contribution >= 0.6 is 23.2 Å². The Bertz CT molecular complexity index is 2140. The Morgan fingerprint density at radius 2 is 0.891 bits per heavy atom. The molecule has 0 fully saturated rings. The quantitative estimate of drug-likeness (QED) is 0.197. The number of likely N-dealkylation sites (N-methyl/N-ethyl adjacent to an activating group) is 2. The minimum Gasteiger partial charge on any atom is -0.490 e. The molecule has 2 aliphatic rings. The van der Waals surface area contributed by atoms with E-state index in [2.05, 4.69) is 34.9 Å². The number of para-hydroxylation sites is 2. The van der Waals surface area contributed by atoms with Crippen LogP contribution in [0.5, 0.6) is 11.5 Å². The number of carbonyl (C=O) groups is 4. The molecular weight excluding hydrogens is 847 g/mol. The van der Waals surface area contributed by atoms with E-state index in [1.807, 2.05) is 102 Å². The van der Waals surface area contributed by atoms with E-state index in [9.17, 15) is 19.2 Å². The van der Waals surface area contributed by atoms with Crippen molar-refractivity contribution in [2.24, 2.45) is 11.8 Å². The van der Waals surface area contributed by atoms with Gasteiger partial charge < -0.3 is 29.9 Å². The molecule has 6 atom stereocenters. The first kappa shape index (κ1) is 49.4. The Balaban J connectivity index is 0.000000241. The molecule has 6 rings (SSSR count). The third-order valence-corrected chi connectivity index (χ3v) is 11.8. The molecule has 2 N–H and O–H groups in total. The molecule has 0 spiro atoms. The van der Waals surface area contributed by atoms with Gasteiger partial charge in [0.25, 0.3) is 11.8 Å². The second kappa shape index (κ2) is 23.4. The number of fused-ring (bicyclic) bond motifs is 2. The Morgan fingerprint density at radius 1 is 0.531 bits per heavy atom. The van der Waals surface area contributed by atoms with Crippen molar-refractivity contribution in [3.63, 3.8) is 0 Å². The number of benzene rings is 4. The Morgan fingerprint density at radius 3 is 1.25 bits per heavy atom. The molecular formula is C52H62Cl2N4O6. The van der Waals surface area contributed by atoms with E-state index in [-0.39, 0.29) is 59.8 Å². The third kappa shape index (κ3) is 13.2. The molecule has 12 heteroatoms. The Labute approximate surface area is 389 Å². The summed E-state index contributed by atoms with van der Waals surface area (Å²) in [7, 11) is 3.35. The van der Waals surface area contributed by atoms with Gasteiger partial charge in [-0.3, -0.25) is 19.2 Å². The van der Waals surface area contributed by atoms with Crippen molar-refractivity contribution in [2.45, 2.75) is 104 Å². The predicted molar refractivity (Wildman–Crippen MR) is 256 cm³/mol. The summed E-state index contributed by atoms with van der Waals surface area (Å²) in [5, 5.41) is 7.55. The standard InChI is InChI=1S/2C26H31ClN2O3/c2*1-17(2)24-25(30)28-22(19-11-9-12-20(27)16-19)14-7-5-10-18(3)32-23-15-8-6-13-21(23)26(31)29(24)4/h2*5-9,11-13,15-18,22,24H,10,14H2,1-4H3,(H,28,30)/b7-5+;7-5-/t2*18-,22+,24-/m00/s1. The average molecular weight is 910 g/mol. The van der Waals surface area contributed by atoms with Gasteiger partial charge in [0.05, 0.1) is 35.4 Å². The van der Waals surface area contributed by atoms with Gasteiger partial charge in [-0.25, -0.2) is 0 Å². The number of hydrogen-bond donors (Lipinski definition) is 2. The summed E-state index contributed by atoms with van der Waals surface area (Å²) in [4.78, 5) is 56.7. The fourth-order valence-corrected chi connectivity index (χ4v) is 8.46. The number of ether oxygens (including phenoxy) is 2. The third-order valence-electron chi connectivity index (χ3n) is 11.3. The second-order valence-corrected chi connectivity index (χ2v) is 18.0. The van der Waals surface area contributed by atoms with Crippen LogP contribution in [0.15, 0.2) is 121 Å². The normalized spacial score (nSPS) is 23.7. The van der Waals surface area contributed by atoms with Crippen LogP contribution in [0, 0.1) is 11.8 Å². The highest BCUT2D eigenvalue weighted by molar-refractivity contribution is 6.30. The predicted octanol–water partition coefficient (Wildman–Crippen LogP) is 10.8. The van der Waals surface area contributed by atoms with Crippen LogP contribution in [0.2, 0.25) is 10.0 Å². The summed E-state index contributed by atoms with van der Waals surface area (Å²) in [6, 6.07) is 27.6. The van der Waals surface area contributed by atoms with Crippen molar-refractivity contribution in [1.82, 2.24) is 20.4 Å². The lowest BCUT2D eigenvalue weighted by molar-refractivity contribution is -0.128. The van der Waals surface area contributed by atoms with Crippen LogP contribution in [-0.4, -0.2) is 71.8 Å². The van der Waals surface area contributed by atoms with E-state index in [1.165, 1.54) is 9.80 Å². The molecule has 0 saturated carbocycles. The largest absolute Gasteiger partial charge is 0.490 e. The van der Waals surface area contributed by atoms with Gasteiger partial charge >= 0.3 is 0 Å². The zero-order valence-corrected chi connectivity index (χ0v) is 39.6. The van der Waals surface area contributed by atoms with Gasteiger partial charge in [0, 0.05) is 37.0 Å². The number of halogens is 2. The van der Waals surface area contributed by atoms with Gasteiger partial charge in [-0.2, -0.15) is 0 Å². The van der Waals surface area contributed by atoms with Crippen molar-refractivity contribution in [1.29, 1.82) is 0 Å². The lowest BCUT2D eigenvalue weighted by Crippen LogP contribution is -2.51. The summed E-state index contributed by atoms with van der Waals surface area (Å²) in [5.41, 5.74) is 2.75. The zero-order valence-electron chi connectivity index (χ0n) is 38.1. The van der Waals surface area contributed by atoms with Crippen molar-refractivity contribution < 1.29 is 28.7 Å². The van der Waals surface area contributed by atoms with Gasteiger partial charge in [0.15, 0.2) is 0 Å². The molecule has 340 valence electrons. The van der Waals surface area contributed by atoms with Crippen LogP contribution in [-0.2, 0) is 9.59 Å². The minimum absolute atomic E-state index is 0.0839. The maximum atomic E-state index is 13.4. The van der Waals surface area contributed by atoms with E-state index in [0.717, 1.165) is 11.1 Å². The first-order chi connectivity index (χ1) is 30.5. The summed E-state index contributed by atoms with van der Waals surface area (Å²) < 4.78 is 12.2. The molecule has 0 bridgehead atoms. The Kier molecular flexibility index (Phi) is 18.1. The van der Waals surface area contributed by atoms with Crippen LogP contribution < -0.4 is 20.1 Å². The van der Waals surface area contributed by atoms with Gasteiger partial charge in [-0.05, 0) is 98.2 Å². The van der Waals surface area contributed by atoms with Gasteiger partial charge in [0.2, 0.25) is 11.8 Å². The van der Waals surface area contributed by atoms with Crippen LogP contribution in [0.1, 0.15) is 111 Å². The van der Waals surface area contributed by atoms with Crippen molar-refractivity contribution in [2.75, 3.05) is 14.1 Å². The fraction of sp³-hybridized carbons (Fsp3) is 0.385. The van der Waals surface area contributed by atoms with Gasteiger partial charge in [-0.1, -0.05) is 124 Å². The molecule has 0 saturated heterocycles. The number of carbonyl (C=O) groups excluding carboxylic acids is 4. The van der Waals surface area contributed by atoms with Crippen molar-refractivity contribution >= 4 is 46.8 Å². The molecule has 2 aliphatic heterocycles. The molecule has 0 aliphatic carbocycles. The number of rotatable bonds is 4. The molecule has 2 heterocycles. The van der Waals surface area contributed by atoms with Crippen LogP contribution in [0.25, 0.3) is 0 Å². The lowest BCUT2D eigenvalue weighted by atomic mass is 9.98. The maximum absolute atomic E-state index is 13.4. The van der Waals surface area contributed by atoms with E-state index in [1.54, 1.807) is 50.5 Å². The zero-order chi connectivity index (χ0) is 46.5. The van der Waals surface area contributed by atoms with Crippen LogP contribution in [0.3, 0.4) is 0 Å². The first-order valence-electron chi connectivity index (χ1n) is 22.0. The van der Waals surface area contributed by atoms with E-state index < -0.39 is 12.1 Å². The molecule has 4 amide bonds. The van der Waals surface area contributed by atoms with Crippen molar-refractivity contribution in [3.8, 4) is 11.5 Å². The SMILES string of the molecule is CC(C)[C@H]1C(=O)N[C@@H](c2cccc(Cl)c2)C/C=C/C[C@H](C)Oc2ccccc2C(=O)N1C.CC(C)[C@H]1C(=O)N[C@@H](c2cccc(Cl)c2)C/C=C\C[C@H](C)Oc2ccccc2C(=O)N1C.